The van der Waals surface area contributed by atoms with Crippen LogP contribution in [0.1, 0.15) is 26.3 Å². The minimum Gasteiger partial charge on any atom is -0.629 e. The first-order chi connectivity index (χ1) is 8.66. The monoisotopic (exact) mass is 288 g/mol. The molecule has 1 aromatic carbocycles. The van der Waals surface area contributed by atoms with Gasteiger partial charge in [-0.05, 0) is 24.3 Å². The van der Waals surface area contributed by atoms with Gasteiger partial charge in [0.05, 0.1) is 0 Å². The van der Waals surface area contributed by atoms with Crippen LogP contribution < -0.4 is 4.89 Å². The molecule has 1 N–H and O–H groups in total. The smallest absolute Gasteiger partial charge is 0.274 e. The zero-order chi connectivity index (χ0) is 14.3. The van der Waals surface area contributed by atoms with Crippen molar-refractivity contribution in [2.24, 2.45) is 5.41 Å². The molecular weight excluding hydrogens is 270 g/mol. The van der Waals surface area contributed by atoms with Crippen LogP contribution in [0.15, 0.2) is 24.3 Å². The van der Waals surface area contributed by atoms with Gasteiger partial charge in [0.25, 0.3) is 7.94 Å². The predicted molar refractivity (Wildman–Crippen MR) is 68.6 cm³/mol. The lowest BCUT2D eigenvalue weighted by molar-refractivity contribution is -0.252. The minimum atomic E-state index is -3.70. The summed E-state index contributed by atoms with van der Waals surface area (Å²) in [7, 11) is -3.70. The summed E-state index contributed by atoms with van der Waals surface area (Å²) in [5.41, 5.74) is 0.0595. The van der Waals surface area contributed by atoms with Gasteiger partial charge in [-0.25, -0.2) is 13.4 Å². The second-order valence-corrected chi connectivity index (χ2v) is 8.12. The number of halogens is 1. The Morgan fingerprint density at radius 1 is 1.26 bits per heavy atom. The third-order valence-electron chi connectivity index (χ3n) is 3.17. The lowest BCUT2D eigenvalue weighted by Gasteiger charge is -2.44. The van der Waals surface area contributed by atoms with Crippen LogP contribution in [-0.2, 0) is 14.4 Å². The predicted octanol–water partition coefficient (Wildman–Crippen LogP) is 2.19. The number of aliphatic hydroxyl groups is 1. The number of rotatable bonds is 2. The van der Waals surface area contributed by atoms with Crippen LogP contribution in [0.5, 0.6) is 0 Å². The zero-order valence-electron chi connectivity index (χ0n) is 11.2. The average molecular weight is 288 g/mol. The lowest BCUT2D eigenvalue weighted by atomic mass is 9.97. The van der Waals surface area contributed by atoms with E-state index in [1.165, 1.54) is 31.2 Å². The van der Waals surface area contributed by atoms with Gasteiger partial charge < -0.3 is 10.00 Å². The van der Waals surface area contributed by atoms with Crippen molar-refractivity contribution < 1.29 is 23.4 Å². The van der Waals surface area contributed by atoms with Crippen molar-refractivity contribution in [3.63, 3.8) is 0 Å². The highest BCUT2D eigenvalue weighted by Crippen LogP contribution is 2.69. The van der Waals surface area contributed by atoms with Crippen LogP contribution >= 0.6 is 7.94 Å². The van der Waals surface area contributed by atoms with Crippen LogP contribution in [-0.4, -0.2) is 18.3 Å². The molecule has 1 saturated heterocycles. The maximum Gasteiger partial charge on any atom is 0.274 e. The van der Waals surface area contributed by atoms with E-state index in [9.17, 15) is 14.4 Å². The fraction of sp³-hybridized carbons (Fsp3) is 0.538. The maximum atomic E-state index is 12.9. The molecule has 1 aromatic rings. The van der Waals surface area contributed by atoms with Crippen LogP contribution in [0, 0.1) is 11.2 Å². The standard InChI is InChI=1S/C13H18FO4P/c1-12(2)8-17-19(16,18-9-12)13(3,15)10-4-6-11(14)7-5-10/h4-7,15H,8-9H2,1-3H3/t13-/m1/s1. The first-order valence-corrected chi connectivity index (χ1v) is 7.58. The summed E-state index contributed by atoms with van der Waals surface area (Å²) in [5.74, 6) is -0.426. The number of benzene rings is 1. The Morgan fingerprint density at radius 3 is 2.21 bits per heavy atom. The van der Waals surface area contributed by atoms with E-state index in [0.29, 0.717) is 5.56 Å². The van der Waals surface area contributed by atoms with E-state index in [0.717, 1.165) is 0 Å². The summed E-state index contributed by atoms with van der Waals surface area (Å²) in [6.45, 7) is 5.68. The highest BCUT2D eigenvalue weighted by Gasteiger charge is 2.56. The van der Waals surface area contributed by atoms with Gasteiger partial charge >= 0.3 is 0 Å². The van der Waals surface area contributed by atoms with E-state index < -0.39 is 19.1 Å². The van der Waals surface area contributed by atoms with Crippen molar-refractivity contribution in [3.8, 4) is 0 Å². The second kappa shape index (κ2) is 4.76. The van der Waals surface area contributed by atoms with Crippen LogP contribution in [0.2, 0.25) is 0 Å². The molecular formula is C13H18FO4P. The van der Waals surface area contributed by atoms with Gasteiger partial charge in [-0.3, -0.25) is 0 Å². The van der Waals surface area contributed by atoms with Crippen molar-refractivity contribution in [1.82, 2.24) is 0 Å². The van der Waals surface area contributed by atoms with Crippen LogP contribution in [0.25, 0.3) is 0 Å². The van der Waals surface area contributed by atoms with E-state index in [1.807, 2.05) is 13.8 Å². The highest BCUT2D eigenvalue weighted by atomic mass is 31.2. The molecule has 19 heavy (non-hydrogen) atoms. The normalized spacial score (nSPS) is 24.7. The molecule has 106 valence electrons. The van der Waals surface area contributed by atoms with Gasteiger partial charge in [0.15, 0.2) is 0 Å². The third-order valence-corrected chi connectivity index (χ3v) is 5.44. The van der Waals surface area contributed by atoms with Gasteiger partial charge in [0.2, 0.25) is 5.34 Å². The second-order valence-electron chi connectivity index (χ2n) is 5.74. The topological polar surface area (TPSA) is 61.8 Å². The fourth-order valence-corrected chi connectivity index (χ4v) is 3.85. The van der Waals surface area contributed by atoms with Crippen molar-refractivity contribution >= 4 is 7.94 Å². The summed E-state index contributed by atoms with van der Waals surface area (Å²) < 4.78 is 23.5. The Bertz CT molecular complexity index is 448. The zero-order valence-corrected chi connectivity index (χ0v) is 12.1. The molecule has 6 heteroatoms. The molecule has 0 saturated carbocycles. The lowest BCUT2D eigenvalue weighted by Crippen LogP contribution is -2.43. The van der Waals surface area contributed by atoms with Crippen molar-refractivity contribution in [1.29, 1.82) is 0 Å². The highest BCUT2D eigenvalue weighted by molar-refractivity contribution is 7.60. The Balaban J connectivity index is 2.26. The Kier molecular flexibility index (Phi) is 3.71. The van der Waals surface area contributed by atoms with Crippen molar-refractivity contribution in [3.05, 3.63) is 35.6 Å². The molecule has 0 spiro atoms. The number of hydrogen-bond acceptors (Lipinski definition) is 4. The van der Waals surface area contributed by atoms with Crippen molar-refractivity contribution in [2.75, 3.05) is 13.2 Å². The van der Waals surface area contributed by atoms with E-state index >= 15 is 0 Å². The van der Waals surface area contributed by atoms with Gasteiger partial charge in [-0.1, -0.05) is 13.8 Å². The fourth-order valence-electron chi connectivity index (χ4n) is 1.77. The van der Waals surface area contributed by atoms with Crippen molar-refractivity contribution in [2.45, 2.75) is 26.1 Å². The number of hydrogen-bond donors (Lipinski definition) is 1. The third kappa shape index (κ3) is 2.81. The molecule has 0 aliphatic carbocycles. The molecule has 1 aliphatic heterocycles. The average Bonchev–Trinajstić information content (AvgIpc) is 2.34. The van der Waals surface area contributed by atoms with E-state index in [-0.39, 0.29) is 18.6 Å². The molecule has 1 fully saturated rings. The molecule has 0 unspecified atom stereocenters. The summed E-state index contributed by atoms with van der Waals surface area (Å²) in [6, 6.07) is 5.15. The van der Waals surface area contributed by atoms with E-state index in [2.05, 4.69) is 0 Å². The Labute approximate surface area is 112 Å². The van der Waals surface area contributed by atoms with Gasteiger partial charge in [-0.15, -0.1) is 0 Å². The van der Waals surface area contributed by atoms with Gasteiger partial charge in [0.1, 0.15) is 19.0 Å². The van der Waals surface area contributed by atoms with E-state index in [1.54, 1.807) is 0 Å². The molecule has 1 atom stereocenters. The molecule has 4 nitrogen and oxygen atoms in total. The largest absolute Gasteiger partial charge is 0.629 e. The minimum absolute atomic E-state index is 0.238. The van der Waals surface area contributed by atoms with Gasteiger partial charge in [0, 0.05) is 17.9 Å². The first-order valence-electron chi connectivity index (χ1n) is 6.04. The first kappa shape index (κ1) is 14.8. The summed E-state index contributed by atoms with van der Waals surface area (Å²) in [5, 5.41) is 8.70. The summed E-state index contributed by atoms with van der Waals surface area (Å²) >= 11 is 0. The Morgan fingerprint density at radius 2 is 1.74 bits per heavy atom. The molecule has 0 bridgehead atoms. The SMILES string of the molecule is CC1(C)CO[P+]([O-])([C@@](C)(O)c2ccc(F)cc2)OC1. The molecule has 1 aliphatic rings. The molecule has 1 heterocycles. The quantitative estimate of drug-likeness (QED) is 0.847. The summed E-state index contributed by atoms with van der Waals surface area (Å²) in [4.78, 5) is 12.6. The van der Waals surface area contributed by atoms with Gasteiger partial charge in [-0.2, -0.15) is 0 Å². The Hall–Kier alpha value is -0.580. The summed E-state index contributed by atoms with van der Waals surface area (Å²) in [6.07, 6.45) is 0. The van der Waals surface area contributed by atoms with Crippen LogP contribution in [0.4, 0.5) is 4.39 Å². The maximum absolute atomic E-state index is 12.9. The molecule has 2 rings (SSSR count). The molecule has 0 radical (unpaired) electrons. The van der Waals surface area contributed by atoms with Crippen LogP contribution in [0.3, 0.4) is 0 Å². The molecule has 0 amide bonds. The molecule has 0 aromatic heterocycles. The van der Waals surface area contributed by atoms with E-state index in [4.69, 9.17) is 9.05 Å².